The number of alkyl carbamates (subject to hydrolysis) is 1. The lowest BCUT2D eigenvalue weighted by molar-refractivity contribution is 0.0502. The lowest BCUT2D eigenvalue weighted by Gasteiger charge is -2.37. The number of nitrogens with one attached hydrogen (secondary N) is 2. The molecule has 2 rings (SSSR count). The molecule has 0 aliphatic carbocycles. The Morgan fingerprint density at radius 1 is 1.28 bits per heavy atom. The molecule has 1 atom stereocenters. The van der Waals surface area contributed by atoms with E-state index >= 15 is 0 Å². The van der Waals surface area contributed by atoms with Gasteiger partial charge in [0, 0.05) is 52.0 Å². The quantitative estimate of drug-likeness (QED) is 0.560. The first kappa shape index (κ1) is 22.8. The number of rotatable bonds is 6. The number of anilines is 1. The van der Waals surface area contributed by atoms with Crippen molar-refractivity contribution in [2.45, 2.75) is 52.2 Å². The van der Waals surface area contributed by atoms with E-state index in [1.54, 1.807) is 7.05 Å². The van der Waals surface area contributed by atoms with Crippen LogP contribution >= 0.6 is 0 Å². The first-order valence-corrected chi connectivity index (χ1v) is 10.4. The van der Waals surface area contributed by atoms with E-state index in [4.69, 9.17) is 4.74 Å². The van der Waals surface area contributed by atoms with E-state index in [0.717, 1.165) is 50.8 Å². The van der Waals surface area contributed by atoms with Crippen LogP contribution in [0.2, 0.25) is 0 Å². The molecule has 2 heterocycles. The van der Waals surface area contributed by atoms with Gasteiger partial charge in [-0.1, -0.05) is 19.4 Å². The summed E-state index contributed by atoms with van der Waals surface area (Å²) in [5, 5.41) is 6.39. The fourth-order valence-corrected chi connectivity index (χ4v) is 3.28. The van der Waals surface area contributed by atoms with Crippen LogP contribution in [0.3, 0.4) is 0 Å². The third-order valence-electron chi connectivity index (χ3n) is 4.63. The summed E-state index contributed by atoms with van der Waals surface area (Å²) in [6.45, 7) is 11.8. The molecule has 0 bridgehead atoms. The van der Waals surface area contributed by atoms with Crippen molar-refractivity contribution in [3.05, 3.63) is 24.4 Å². The van der Waals surface area contributed by atoms with Crippen LogP contribution in [0.1, 0.15) is 40.5 Å². The van der Waals surface area contributed by atoms with Gasteiger partial charge >= 0.3 is 6.09 Å². The van der Waals surface area contributed by atoms with Crippen LogP contribution in [0.25, 0.3) is 0 Å². The van der Waals surface area contributed by atoms with Crippen LogP contribution in [-0.2, 0) is 4.74 Å². The molecule has 1 aromatic rings. The number of amides is 1. The minimum atomic E-state index is -0.502. The smallest absolute Gasteiger partial charge is 0.407 e. The molecule has 0 saturated carbocycles. The van der Waals surface area contributed by atoms with Crippen LogP contribution in [-0.4, -0.2) is 73.4 Å². The zero-order chi connectivity index (χ0) is 21.3. The molecular weight excluding hydrogens is 368 g/mol. The fraction of sp³-hybridized carbons (Fsp3) is 0.667. The average Bonchev–Trinajstić information content (AvgIpc) is 2.68. The second kappa shape index (κ2) is 10.9. The van der Waals surface area contributed by atoms with Gasteiger partial charge in [-0.2, -0.15) is 0 Å². The van der Waals surface area contributed by atoms with Crippen molar-refractivity contribution < 1.29 is 9.53 Å². The zero-order valence-corrected chi connectivity index (χ0v) is 18.4. The van der Waals surface area contributed by atoms with E-state index < -0.39 is 5.60 Å². The van der Waals surface area contributed by atoms with Crippen LogP contribution in [0, 0.1) is 0 Å². The van der Waals surface area contributed by atoms with Gasteiger partial charge < -0.3 is 25.2 Å². The van der Waals surface area contributed by atoms with Crippen LogP contribution in [0.5, 0.6) is 0 Å². The fourth-order valence-electron chi connectivity index (χ4n) is 3.28. The van der Waals surface area contributed by atoms with Crippen LogP contribution in [0.4, 0.5) is 10.6 Å². The third-order valence-corrected chi connectivity index (χ3v) is 4.63. The highest BCUT2D eigenvalue weighted by molar-refractivity contribution is 5.80. The molecule has 162 valence electrons. The number of aromatic nitrogens is 1. The molecule has 1 amide bonds. The maximum atomic E-state index is 12.1. The number of piperazine rings is 1. The molecule has 1 unspecified atom stereocenters. The minimum absolute atomic E-state index is 0.0126. The van der Waals surface area contributed by atoms with E-state index in [1.807, 2.05) is 45.2 Å². The zero-order valence-electron chi connectivity index (χ0n) is 18.4. The van der Waals surface area contributed by atoms with Crippen molar-refractivity contribution in [2.75, 3.05) is 44.7 Å². The lowest BCUT2D eigenvalue weighted by Crippen LogP contribution is -2.54. The summed E-state index contributed by atoms with van der Waals surface area (Å²) in [7, 11) is 1.80. The van der Waals surface area contributed by atoms with Crippen LogP contribution < -0.4 is 15.5 Å². The summed E-state index contributed by atoms with van der Waals surface area (Å²) in [5.74, 6) is 1.87. The minimum Gasteiger partial charge on any atom is -0.444 e. The number of hydrogen-bond acceptors (Lipinski definition) is 5. The number of ether oxygens (including phenoxy) is 1. The van der Waals surface area contributed by atoms with Gasteiger partial charge in [-0.25, -0.2) is 9.78 Å². The van der Waals surface area contributed by atoms with Crippen molar-refractivity contribution in [3.63, 3.8) is 0 Å². The van der Waals surface area contributed by atoms with Gasteiger partial charge in [-0.3, -0.25) is 4.99 Å². The van der Waals surface area contributed by atoms with Gasteiger partial charge in [0.05, 0.1) is 0 Å². The maximum Gasteiger partial charge on any atom is 0.407 e. The normalized spacial score (nSPS) is 16.4. The van der Waals surface area contributed by atoms with Crippen molar-refractivity contribution in [2.24, 2.45) is 4.99 Å². The maximum absolute atomic E-state index is 12.1. The Hall–Kier alpha value is -2.51. The summed E-state index contributed by atoms with van der Waals surface area (Å²) >= 11 is 0. The second-order valence-electron chi connectivity index (χ2n) is 8.22. The summed E-state index contributed by atoms with van der Waals surface area (Å²) in [6, 6.07) is 5.98. The standard InChI is InChI=1S/C21H36N6O2/c1-6-9-17(25-20(28)29-21(2,3)4)16-24-19(22-5)27-14-12-26(13-15-27)18-10-7-8-11-23-18/h7-8,10-11,17H,6,9,12-16H2,1-5H3,(H,22,24)(H,25,28). The Labute approximate surface area is 174 Å². The van der Waals surface area contributed by atoms with Gasteiger partial charge in [0.1, 0.15) is 11.4 Å². The number of aliphatic imine (C=N–C) groups is 1. The van der Waals surface area contributed by atoms with E-state index in [0.29, 0.717) is 6.54 Å². The predicted octanol–water partition coefficient (Wildman–Crippen LogP) is 2.47. The lowest BCUT2D eigenvalue weighted by atomic mass is 10.1. The van der Waals surface area contributed by atoms with Crippen molar-refractivity contribution in [1.29, 1.82) is 0 Å². The molecule has 1 aliphatic rings. The van der Waals surface area contributed by atoms with Gasteiger partial charge in [0.25, 0.3) is 0 Å². The van der Waals surface area contributed by atoms with Crippen molar-refractivity contribution in [3.8, 4) is 0 Å². The largest absolute Gasteiger partial charge is 0.444 e. The molecule has 8 heteroatoms. The number of hydrogen-bond donors (Lipinski definition) is 2. The van der Waals surface area contributed by atoms with Crippen molar-refractivity contribution >= 4 is 17.9 Å². The molecule has 1 saturated heterocycles. The topological polar surface area (TPSA) is 82.1 Å². The van der Waals surface area contributed by atoms with Gasteiger partial charge in [-0.05, 0) is 39.3 Å². The highest BCUT2D eigenvalue weighted by Crippen LogP contribution is 2.12. The molecule has 1 aliphatic heterocycles. The third kappa shape index (κ3) is 7.79. The summed E-state index contributed by atoms with van der Waals surface area (Å²) in [4.78, 5) is 25.5. The SMILES string of the molecule is CCCC(CNC(=NC)N1CCN(c2ccccn2)CC1)NC(=O)OC(C)(C)C. The Kier molecular flexibility index (Phi) is 8.54. The Bertz CT molecular complexity index is 651. The Morgan fingerprint density at radius 3 is 2.55 bits per heavy atom. The van der Waals surface area contributed by atoms with Gasteiger partial charge in [0.15, 0.2) is 5.96 Å². The number of carbonyl (C=O) groups is 1. The molecule has 1 aromatic heterocycles. The molecule has 0 aromatic carbocycles. The summed E-state index contributed by atoms with van der Waals surface area (Å²) in [5.41, 5.74) is -0.502. The molecule has 1 fully saturated rings. The monoisotopic (exact) mass is 404 g/mol. The van der Waals surface area contributed by atoms with E-state index in [-0.39, 0.29) is 12.1 Å². The van der Waals surface area contributed by atoms with Gasteiger partial charge in [-0.15, -0.1) is 0 Å². The Morgan fingerprint density at radius 2 is 2.00 bits per heavy atom. The van der Waals surface area contributed by atoms with Gasteiger partial charge in [0.2, 0.25) is 0 Å². The number of carbonyl (C=O) groups excluding carboxylic acids is 1. The molecule has 0 spiro atoms. The highest BCUT2D eigenvalue weighted by Gasteiger charge is 2.22. The molecule has 0 radical (unpaired) electrons. The summed E-state index contributed by atoms with van der Waals surface area (Å²) in [6.07, 6.45) is 3.30. The van der Waals surface area contributed by atoms with E-state index in [1.165, 1.54) is 0 Å². The van der Waals surface area contributed by atoms with Crippen LogP contribution in [0.15, 0.2) is 29.4 Å². The number of guanidine groups is 1. The predicted molar refractivity (Wildman–Crippen MR) is 117 cm³/mol. The number of nitrogens with zero attached hydrogens (tertiary/aromatic N) is 4. The Balaban J connectivity index is 1.84. The van der Waals surface area contributed by atoms with E-state index in [9.17, 15) is 4.79 Å². The van der Waals surface area contributed by atoms with Crippen molar-refractivity contribution in [1.82, 2.24) is 20.5 Å². The molecule has 2 N–H and O–H groups in total. The first-order chi connectivity index (χ1) is 13.8. The first-order valence-electron chi connectivity index (χ1n) is 10.4. The average molecular weight is 405 g/mol. The molecule has 29 heavy (non-hydrogen) atoms. The molecule has 8 nitrogen and oxygen atoms in total. The second-order valence-corrected chi connectivity index (χ2v) is 8.22. The highest BCUT2D eigenvalue weighted by atomic mass is 16.6. The van der Waals surface area contributed by atoms with E-state index in [2.05, 4.69) is 37.3 Å². The summed E-state index contributed by atoms with van der Waals surface area (Å²) < 4.78 is 5.39. The molecular formula is C21H36N6O2. The number of pyridine rings is 1.